The van der Waals surface area contributed by atoms with Crippen LogP contribution in [0, 0.1) is 11.3 Å². The van der Waals surface area contributed by atoms with Crippen molar-refractivity contribution in [3.05, 3.63) is 52.2 Å². The van der Waals surface area contributed by atoms with E-state index in [-0.39, 0.29) is 5.91 Å². The molecule has 5 heteroatoms. The Morgan fingerprint density at radius 2 is 2.10 bits per heavy atom. The molecule has 0 bridgehead atoms. The molecule has 1 aromatic carbocycles. The van der Waals surface area contributed by atoms with Gasteiger partial charge in [-0.3, -0.25) is 4.79 Å². The number of thiophene rings is 1. The molecule has 0 N–H and O–H groups in total. The van der Waals surface area contributed by atoms with Gasteiger partial charge in [0.1, 0.15) is 0 Å². The summed E-state index contributed by atoms with van der Waals surface area (Å²) in [4.78, 5) is 14.1. The van der Waals surface area contributed by atoms with Crippen molar-refractivity contribution >= 4 is 22.9 Å². The van der Waals surface area contributed by atoms with Gasteiger partial charge in [0.2, 0.25) is 0 Å². The van der Waals surface area contributed by atoms with E-state index < -0.39 is 0 Å². The summed E-state index contributed by atoms with van der Waals surface area (Å²) in [6.45, 7) is 0.924. The molecule has 1 aromatic heterocycles. The van der Waals surface area contributed by atoms with Crippen LogP contribution < -0.4 is 4.90 Å². The molecular weight excluding hydrogens is 272 g/mol. The van der Waals surface area contributed by atoms with E-state index in [0.717, 1.165) is 5.69 Å². The van der Waals surface area contributed by atoms with Crippen LogP contribution >= 0.6 is 11.3 Å². The molecule has 0 aliphatic carbocycles. The summed E-state index contributed by atoms with van der Waals surface area (Å²) < 4.78 is 5.06. The molecule has 0 saturated carbocycles. The zero-order chi connectivity index (χ0) is 14.4. The summed E-state index contributed by atoms with van der Waals surface area (Å²) in [5, 5.41) is 12.5. The van der Waals surface area contributed by atoms with Gasteiger partial charge in [-0.15, -0.1) is 0 Å². The number of carbonyl (C=O) groups excluding carboxylic acids is 1. The molecule has 0 fully saturated rings. The van der Waals surface area contributed by atoms with Gasteiger partial charge in [0.05, 0.1) is 23.8 Å². The highest BCUT2D eigenvalue weighted by atomic mass is 32.1. The van der Waals surface area contributed by atoms with E-state index in [1.807, 2.05) is 10.8 Å². The Morgan fingerprint density at radius 3 is 2.65 bits per heavy atom. The number of hydrogen-bond acceptors (Lipinski definition) is 4. The average Bonchev–Trinajstić information content (AvgIpc) is 3.02. The topological polar surface area (TPSA) is 53.3 Å². The van der Waals surface area contributed by atoms with Crippen molar-refractivity contribution in [3.8, 4) is 6.07 Å². The molecule has 1 heterocycles. The van der Waals surface area contributed by atoms with Gasteiger partial charge in [-0.05, 0) is 35.7 Å². The van der Waals surface area contributed by atoms with E-state index in [2.05, 4.69) is 6.07 Å². The van der Waals surface area contributed by atoms with Gasteiger partial charge < -0.3 is 9.64 Å². The molecule has 0 radical (unpaired) electrons. The van der Waals surface area contributed by atoms with Crippen LogP contribution in [-0.2, 0) is 4.74 Å². The summed E-state index contributed by atoms with van der Waals surface area (Å²) >= 11 is 1.49. The summed E-state index contributed by atoms with van der Waals surface area (Å²) in [6.07, 6.45) is 0. The second kappa shape index (κ2) is 6.85. The number of rotatable bonds is 5. The first kappa shape index (κ1) is 14.3. The van der Waals surface area contributed by atoms with E-state index in [4.69, 9.17) is 10.00 Å². The van der Waals surface area contributed by atoms with Crippen molar-refractivity contribution in [3.63, 3.8) is 0 Å². The van der Waals surface area contributed by atoms with Crippen LogP contribution in [0.2, 0.25) is 0 Å². The highest BCUT2D eigenvalue weighted by Gasteiger charge is 2.17. The Hall–Kier alpha value is -2.16. The molecule has 4 nitrogen and oxygen atoms in total. The normalized spacial score (nSPS) is 10.0. The molecule has 20 heavy (non-hydrogen) atoms. The fourth-order valence-corrected chi connectivity index (χ4v) is 2.42. The van der Waals surface area contributed by atoms with Crippen molar-refractivity contribution in [1.29, 1.82) is 5.26 Å². The van der Waals surface area contributed by atoms with E-state index in [1.165, 1.54) is 11.3 Å². The number of carbonyl (C=O) groups is 1. The minimum atomic E-state index is -0.0620. The predicted octanol–water partition coefficient (Wildman–Crippen LogP) is 2.91. The second-order valence-electron chi connectivity index (χ2n) is 4.12. The highest BCUT2D eigenvalue weighted by Crippen LogP contribution is 2.19. The van der Waals surface area contributed by atoms with Gasteiger partial charge in [-0.1, -0.05) is 0 Å². The van der Waals surface area contributed by atoms with E-state index >= 15 is 0 Å². The lowest BCUT2D eigenvalue weighted by Gasteiger charge is -2.22. The number of nitrogens with zero attached hydrogens (tertiary/aromatic N) is 2. The predicted molar refractivity (Wildman–Crippen MR) is 79.0 cm³/mol. The van der Waals surface area contributed by atoms with Gasteiger partial charge in [0, 0.05) is 24.7 Å². The number of methoxy groups -OCH3 is 1. The summed E-state index contributed by atoms with van der Waals surface area (Å²) in [6, 6.07) is 10.8. The average molecular weight is 286 g/mol. The third-order valence-electron chi connectivity index (χ3n) is 2.84. The van der Waals surface area contributed by atoms with E-state index in [1.54, 1.807) is 42.3 Å². The molecule has 102 valence electrons. The van der Waals surface area contributed by atoms with Crippen molar-refractivity contribution in [1.82, 2.24) is 0 Å². The smallest absolute Gasteiger partial charge is 0.259 e. The van der Waals surface area contributed by atoms with Crippen molar-refractivity contribution in [2.75, 3.05) is 25.2 Å². The number of anilines is 1. The molecule has 0 unspecified atom stereocenters. The molecule has 0 spiro atoms. The Morgan fingerprint density at radius 1 is 1.35 bits per heavy atom. The van der Waals surface area contributed by atoms with Crippen LogP contribution in [0.5, 0.6) is 0 Å². The molecule has 0 atom stereocenters. The molecule has 2 aromatic rings. The minimum absolute atomic E-state index is 0.0620. The number of amides is 1. The van der Waals surface area contributed by atoms with Gasteiger partial charge in [-0.25, -0.2) is 0 Å². The molecule has 0 saturated heterocycles. The van der Waals surface area contributed by atoms with Crippen LogP contribution in [0.4, 0.5) is 5.69 Å². The summed E-state index contributed by atoms with van der Waals surface area (Å²) in [5.41, 5.74) is 2.00. The Labute approximate surface area is 121 Å². The maximum Gasteiger partial charge on any atom is 0.259 e. The Kier molecular flexibility index (Phi) is 4.88. The maximum absolute atomic E-state index is 12.5. The monoisotopic (exact) mass is 286 g/mol. The van der Waals surface area contributed by atoms with Gasteiger partial charge in [0.15, 0.2) is 0 Å². The SMILES string of the molecule is COCCN(C(=O)c1ccsc1)c1ccc(C#N)cc1. The maximum atomic E-state index is 12.5. The largest absolute Gasteiger partial charge is 0.383 e. The third-order valence-corrected chi connectivity index (χ3v) is 3.52. The van der Waals surface area contributed by atoms with Gasteiger partial charge >= 0.3 is 0 Å². The first-order valence-corrected chi connectivity index (χ1v) is 7.03. The summed E-state index contributed by atoms with van der Waals surface area (Å²) in [7, 11) is 1.60. The van der Waals surface area contributed by atoms with Crippen molar-refractivity contribution < 1.29 is 9.53 Å². The highest BCUT2D eigenvalue weighted by molar-refractivity contribution is 7.08. The third kappa shape index (κ3) is 3.23. The van der Waals surface area contributed by atoms with Crippen molar-refractivity contribution in [2.24, 2.45) is 0 Å². The zero-order valence-corrected chi connectivity index (χ0v) is 11.9. The number of nitriles is 1. The Bertz CT molecular complexity index is 600. The van der Waals surface area contributed by atoms with Gasteiger partial charge in [0.25, 0.3) is 5.91 Å². The van der Waals surface area contributed by atoms with Gasteiger partial charge in [-0.2, -0.15) is 16.6 Å². The number of ether oxygens (including phenoxy) is 1. The lowest BCUT2D eigenvalue weighted by molar-refractivity contribution is 0.0976. The zero-order valence-electron chi connectivity index (χ0n) is 11.1. The molecule has 0 aliphatic heterocycles. The number of benzene rings is 1. The molecular formula is C15H14N2O2S. The second-order valence-corrected chi connectivity index (χ2v) is 4.90. The Balaban J connectivity index is 2.26. The fourth-order valence-electron chi connectivity index (χ4n) is 1.79. The fraction of sp³-hybridized carbons (Fsp3) is 0.200. The molecule has 1 amide bonds. The first-order chi connectivity index (χ1) is 9.76. The quantitative estimate of drug-likeness (QED) is 0.849. The van der Waals surface area contributed by atoms with E-state index in [9.17, 15) is 4.79 Å². The van der Waals surface area contributed by atoms with Crippen molar-refractivity contribution in [2.45, 2.75) is 0 Å². The number of hydrogen-bond donors (Lipinski definition) is 0. The summed E-state index contributed by atoms with van der Waals surface area (Å²) in [5.74, 6) is -0.0620. The van der Waals surface area contributed by atoms with Crippen LogP contribution in [0.1, 0.15) is 15.9 Å². The van der Waals surface area contributed by atoms with Crippen LogP contribution in [0.15, 0.2) is 41.1 Å². The molecule has 0 aliphatic rings. The first-order valence-electron chi connectivity index (χ1n) is 6.09. The lowest BCUT2D eigenvalue weighted by atomic mass is 10.2. The molecule has 2 rings (SSSR count). The van der Waals surface area contributed by atoms with E-state index in [0.29, 0.717) is 24.3 Å². The van der Waals surface area contributed by atoms with Crippen LogP contribution in [0.25, 0.3) is 0 Å². The minimum Gasteiger partial charge on any atom is -0.383 e. The van der Waals surface area contributed by atoms with Crippen LogP contribution in [-0.4, -0.2) is 26.2 Å². The standard InChI is InChI=1S/C15H14N2O2S/c1-19-8-7-17(15(18)13-6-9-20-11-13)14-4-2-12(10-16)3-5-14/h2-6,9,11H,7-8H2,1H3. The van der Waals surface area contributed by atoms with Crippen LogP contribution in [0.3, 0.4) is 0 Å². The lowest BCUT2D eigenvalue weighted by Crippen LogP contribution is -2.33.